The van der Waals surface area contributed by atoms with Gasteiger partial charge in [0.15, 0.2) is 0 Å². The van der Waals surface area contributed by atoms with Crippen molar-refractivity contribution in [1.82, 2.24) is 5.32 Å². The van der Waals surface area contributed by atoms with E-state index in [-0.39, 0.29) is 18.1 Å². The van der Waals surface area contributed by atoms with Crippen LogP contribution in [-0.4, -0.2) is 17.8 Å². The van der Waals surface area contributed by atoms with Crippen LogP contribution in [0.5, 0.6) is 0 Å². The lowest BCUT2D eigenvalue weighted by atomic mass is 9.84. The van der Waals surface area contributed by atoms with E-state index < -0.39 is 0 Å². The van der Waals surface area contributed by atoms with Crippen LogP contribution in [0.25, 0.3) is 0 Å². The molecule has 0 fully saturated rings. The third-order valence-corrected chi connectivity index (χ3v) is 3.76. The summed E-state index contributed by atoms with van der Waals surface area (Å²) in [4.78, 5) is 0. The molecule has 0 heterocycles. The molecule has 3 heteroatoms. The third kappa shape index (κ3) is 4.71. The Hall–Kier alpha value is -0.380. The fraction of sp³-hybridized carbons (Fsp3) is 0.600. The van der Waals surface area contributed by atoms with Crippen molar-refractivity contribution < 1.29 is 5.11 Å². The molecule has 102 valence electrons. The molecule has 0 aliphatic rings. The maximum Gasteiger partial charge on any atom is 0.0446 e. The highest BCUT2D eigenvalue weighted by Gasteiger charge is 2.25. The van der Waals surface area contributed by atoms with Crippen molar-refractivity contribution in [1.29, 1.82) is 0 Å². The second-order valence-corrected chi connectivity index (χ2v) is 6.79. The Bertz CT molecular complexity index is 373. The van der Waals surface area contributed by atoms with Crippen LogP contribution in [-0.2, 0) is 0 Å². The summed E-state index contributed by atoms with van der Waals surface area (Å²) in [5, 5.41) is 12.8. The molecule has 0 amide bonds. The van der Waals surface area contributed by atoms with Crippen molar-refractivity contribution in [3.05, 3.63) is 34.3 Å². The summed E-state index contributed by atoms with van der Waals surface area (Å²) in [7, 11) is 0. The summed E-state index contributed by atoms with van der Waals surface area (Å²) in [6.45, 7) is 8.99. The fourth-order valence-electron chi connectivity index (χ4n) is 2.07. The van der Waals surface area contributed by atoms with Gasteiger partial charge in [0, 0.05) is 23.2 Å². The summed E-state index contributed by atoms with van der Waals surface area (Å²) >= 11 is 3.50. The average molecular weight is 314 g/mol. The number of hydrogen-bond acceptors (Lipinski definition) is 2. The molecule has 18 heavy (non-hydrogen) atoms. The van der Waals surface area contributed by atoms with E-state index in [1.807, 2.05) is 6.07 Å². The Balaban J connectivity index is 2.75. The normalized spacial score (nSPS) is 15.4. The smallest absolute Gasteiger partial charge is 0.0446 e. The van der Waals surface area contributed by atoms with Crippen molar-refractivity contribution in [2.24, 2.45) is 5.41 Å². The number of aliphatic hydroxyl groups excluding tert-OH is 1. The van der Waals surface area contributed by atoms with Crippen LogP contribution in [0.3, 0.4) is 0 Å². The zero-order valence-corrected chi connectivity index (χ0v) is 13.3. The quantitative estimate of drug-likeness (QED) is 0.864. The Kier molecular flexibility index (Phi) is 5.83. The van der Waals surface area contributed by atoms with E-state index in [4.69, 9.17) is 0 Å². The van der Waals surface area contributed by atoms with E-state index in [9.17, 15) is 5.11 Å². The number of hydrogen-bond donors (Lipinski definition) is 2. The van der Waals surface area contributed by atoms with Crippen LogP contribution in [0.1, 0.15) is 45.7 Å². The number of halogens is 1. The Morgan fingerprint density at radius 2 is 2.00 bits per heavy atom. The number of aliphatic hydroxyl groups is 1. The highest BCUT2D eigenvalue weighted by molar-refractivity contribution is 9.10. The van der Waals surface area contributed by atoms with Crippen molar-refractivity contribution in [3.63, 3.8) is 0 Å². The second-order valence-electron chi connectivity index (χ2n) is 5.87. The molecule has 1 aromatic rings. The highest BCUT2D eigenvalue weighted by atomic mass is 79.9. The van der Waals surface area contributed by atoms with Gasteiger partial charge in [-0.1, -0.05) is 48.8 Å². The van der Waals surface area contributed by atoms with E-state index >= 15 is 0 Å². The minimum absolute atomic E-state index is 0.142. The molecule has 0 saturated carbocycles. The standard InChI is InChI=1S/C15H24BrNO/c1-11(12-6-5-7-13(16)10-12)17-14(8-9-18)15(2,3)4/h5-7,10-11,14,17-18H,8-9H2,1-4H3. The van der Waals surface area contributed by atoms with Crippen LogP contribution in [0.15, 0.2) is 28.7 Å². The summed E-state index contributed by atoms with van der Waals surface area (Å²) in [6.07, 6.45) is 0.780. The molecule has 0 spiro atoms. The van der Waals surface area contributed by atoms with Crippen LogP contribution >= 0.6 is 15.9 Å². The SMILES string of the molecule is CC(NC(CCO)C(C)(C)C)c1cccc(Br)c1. The first-order valence-electron chi connectivity index (χ1n) is 6.47. The number of benzene rings is 1. The van der Waals surface area contributed by atoms with Gasteiger partial charge in [0.1, 0.15) is 0 Å². The van der Waals surface area contributed by atoms with E-state index in [1.54, 1.807) is 0 Å². The Morgan fingerprint density at radius 3 is 2.50 bits per heavy atom. The minimum Gasteiger partial charge on any atom is -0.396 e. The van der Waals surface area contributed by atoms with Gasteiger partial charge in [-0.15, -0.1) is 0 Å². The van der Waals surface area contributed by atoms with Crippen molar-refractivity contribution in [2.45, 2.75) is 46.2 Å². The summed E-state index contributed by atoms with van der Waals surface area (Å²) in [5.41, 5.74) is 1.40. The molecule has 0 aliphatic carbocycles. The molecule has 2 unspecified atom stereocenters. The Labute approximate surface area is 119 Å². The first-order valence-corrected chi connectivity index (χ1v) is 7.26. The molecule has 0 aromatic heterocycles. The minimum atomic E-state index is 0.142. The van der Waals surface area contributed by atoms with Gasteiger partial charge in [0.2, 0.25) is 0 Å². The van der Waals surface area contributed by atoms with Crippen LogP contribution in [0.4, 0.5) is 0 Å². The van der Waals surface area contributed by atoms with Crippen molar-refractivity contribution >= 4 is 15.9 Å². The lowest BCUT2D eigenvalue weighted by Gasteiger charge is -2.34. The van der Waals surface area contributed by atoms with Crippen LogP contribution in [0.2, 0.25) is 0 Å². The molecule has 0 bridgehead atoms. The zero-order valence-electron chi connectivity index (χ0n) is 11.7. The second kappa shape index (κ2) is 6.69. The first kappa shape index (κ1) is 15.7. The molecule has 1 aromatic carbocycles. The monoisotopic (exact) mass is 313 g/mol. The maximum absolute atomic E-state index is 9.18. The number of nitrogens with one attached hydrogen (secondary N) is 1. The zero-order chi connectivity index (χ0) is 13.8. The molecule has 0 saturated heterocycles. The van der Waals surface area contributed by atoms with Gasteiger partial charge < -0.3 is 10.4 Å². The first-order chi connectivity index (χ1) is 8.34. The molecule has 0 radical (unpaired) electrons. The van der Waals surface area contributed by atoms with E-state index in [2.05, 4.69) is 67.1 Å². The average Bonchev–Trinajstić information content (AvgIpc) is 2.27. The van der Waals surface area contributed by atoms with Gasteiger partial charge in [-0.3, -0.25) is 0 Å². The van der Waals surface area contributed by atoms with Crippen LogP contribution < -0.4 is 5.32 Å². The molecular formula is C15H24BrNO. The summed E-state index contributed by atoms with van der Waals surface area (Å²) in [6, 6.07) is 8.92. The molecule has 1 rings (SSSR count). The predicted molar refractivity (Wildman–Crippen MR) is 80.6 cm³/mol. The van der Waals surface area contributed by atoms with Crippen LogP contribution in [0, 0.1) is 5.41 Å². The van der Waals surface area contributed by atoms with Gasteiger partial charge >= 0.3 is 0 Å². The van der Waals surface area contributed by atoms with E-state index in [1.165, 1.54) is 5.56 Å². The molecule has 2 N–H and O–H groups in total. The van der Waals surface area contributed by atoms with Gasteiger partial charge in [0.25, 0.3) is 0 Å². The van der Waals surface area contributed by atoms with Crippen molar-refractivity contribution in [3.8, 4) is 0 Å². The van der Waals surface area contributed by atoms with Crippen molar-refractivity contribution in [2.75, 3.05) is 6.61 Å². The van der Waals surface area contributed by atoms with Gasteiger partial charge in [-0.2, -0.15) is 0 Å². The summed E-state index contributed by atoms with van der Waals surface area (Å²) < 4.78 is 1.10. The van der Waals surface area contributed by atoms with E-state index in [0.717, 1.165) is 10.9 Å². The van der Waals surface area contributed by atoms with Gasteiger partial charge in [-0.25, -0.2) is 0 Å². The highest BCUT2D eigenvalue weighted by Crippen LogP contribution is 2.25. The summed E-state index contributed by atoms with van der Waals surface area (Å²) in [5.74, 6) is 0. The molecular weight excluding hydrogens is 290 g/mol. The lowest BCUT2D eigenvalue weighted by molar-refractivity contribution is 0.188. The molecule has 2 nitrogen and oxygen atoms in total. The lowest BCUT2D eigenvalue weighted by Crippen LogP contribution is -2.42. The van der Waals surface area contributed by atoms with E-state index in [0.29, 0.717) is 6.04 Å². The molecule has 0 aliphatic heterocycles. The number of rotatable bonds is 5. The predicted octanol–water partition coefficient (Wildman–Crippen LogP) is 3.90. The fourth-order valence-corrected chi connectivity index (χ4v) is 2.49. The largest absolute Gasteiger partial charge is 0.396 e. The Morgan fingerprint density at radius 1 is 1.33 bits per heavy atom. The topological polar surface area (TPSA) is 32.3 Å². The molecule has 2 atom stereocenters. The maximum atomic E-state index is 9.18. The van der Waals surface area contributed by atoms with Gasteiger partial charge in [0.05, 0.1) is 0 Å². The third-order valence-electron chi connectivity index (χ3n) is 3.26. The van der Waals surface area contributed by atoms with Gasteiger partial charge in [-0.05, 0) is 36.5 Å².